The Balaban J connectivity index is 1.96. The second kappa shape index (κ2) is 4.04. The quantitative estimate of drug-likeness (QED) is 0.699. The van der Waals surface area contributed by atoms with Crippen LogP contribution in [0.5, 0.6) is 5.75 Å². The summed E-state index contributed by atoms with van der Waals surface area (Å²) in [5.74, 6) is 0.661. The highest BCUT2D eigenvalue weighted by Crippen LogP contribution is 2.29. The summed E-state index contributed by atoms with van der Waals surface area (Å²) in [5.41, 5.74) is 0.357. The maximum absolute atomic E-state index is 11.9. The maximum Gasteiger partial charge on any atom is 0.255 e. The monoisotopic (exact) mass is 232 g/mol. The summed E-state index contributed by atoms with van der Waals surface area (Å²) in [6, 6.07) is 7.44. The number of rotatable bonds is 0. The molecule has 0 bridgehead atoms. The first-order chi connectivity index (χ1) is 8.29. The normalized spacial score (nSPS) is 27.9. The van der Waals surface area contributed by atoms with E-state index in [1.165, 1.54) is 0 Å². The molecule has 1 amide bonds. The molecule has 90 valence electrons. The minimum absolute atomic E-state index is 0.0388. The maximum atomic E-state index is 11.9. The molecule has 1 aromatic rings. The molecular formula is C13H16N2O2. The molecule has 1 atom stereocenters. The molecule has 1 fully saturated rings. The van der Waals surface area contributed by atoms with E-state index in [0.29, 0.717) is 17.9 Å². The average molecular weight is 232 g/mol. The molecule has 17 heavy (non-hydrogen) atoms. The van der Waals surface area contributed by atoms with E-state index in [1.54, 1.807) is 6.07 Å². The lowest BCUT2D eigenvalue weighted by Gasteiger charge is -2.36. The van der Waals surface area contributed by atoms with Crippen molar-refractivity contribution in [2.45, 2.75) is 18.4 Å². The van der Waals surface area contributed by atoms with E-state index in [4.69, 9.17) is 4.74 Å². The molecule has 2 aliphatic heterocycles. The number of carbonyl (C=O) groups is 1. The molecule has 1 unspecified atom stereocenters. The molecule has 1 saturated heterocycles. The lowest BCUT2D eigenvalue weighted by Crippen LogP contribution is -2.55. The number of amides is 1. The van der Waals surface area contributed by atoms with Crippen molar-refractivity contribution >= 4 is 5.91 Å². The highest BCUT2D eigenvalue weighted by Gasteiger charge is 2.37. The van der Waals surface area contributed by atoms with Crippen molar-refractivity contribution in [3.8, 4) is 5.75 Å². The van der Waals surface area contributed by atoms with E-state index in [-0.39, 0.29) is 11.5 Å². The fraction of sp³-hybridized carbons (Fsp3) is 0.462. The lowest BCUT2D eigenvalue weighted by atomic mass is 9.94. The van der Waals surface area contributed by atoms with Crippen LogP contribution in [0.4, 0.5) is 0 Å². The zero-order valence-corrected chi connectivity index (χ0v) is 9.66. The van der Waals surface area contributed by atoms with Gasteiger partial charge in [0.2, 0.25) is 0 Å². The van der Waals surface area contributed by atoms with E-state index in [1.807, 2.05) is 18.2 Å². The summed E-state index contributed by atoms with van der Waals surface area (Å²) in [4.78, 5) is 11.9. The Morgan fingerprint density at radius 3 is 2.94 bits per heavy atom. The first-order valence-electron chi connectivity index (χ1n) is 6.06. The number of carbonyl (C=O) groups excluding carboxylic acids is 1. The highest BCUT2D eigenvalue weighted by atomic mass is 16.5. The van der Waals surface area contributed by atoms with Gasteiger partial charge in [0.05, 0.1) is 12.1 Å². The van der Waals surface area contributed by atoms with Crippen LogP contribution < -0.4 is 15.4 Å². The Morgan fingerprint density at radius 1 is 1.24 bits per heavy atom. The van der Waals surface area contributed by atoms with Crippen molar-refractivity contribution in [3.05, 3.63) is 29.8 Å². The fourth-order valence-corrected chi connectivity index (χ4v) is 2.53. The molecule has 0 saturated carbocycles. The zero-order valence-electron chi connectivity index (χ0n) is 9.66. The fourth-order valence-electron chi connectivity index (χ4n) is 2.53. The minimum atomic E-state index is -0.277. The van der Waals surface area contributed by atoms with Gasteiger partial charge in [-0.3, -0.25) is 4.79 Å². The van der Waals surface area contributed by atoms with Crippen LogP contribution in [0, 0.1) is 0 Å². The van der Waals surface area contributed by atoms with Crippen molar-refractivity contribution in [1.29, 1.82) is 0 Å². The third kappa shape index (κ3) is 1.89. The SMILES string of the molecule is O=C1NCC2(CCCNC2)Oc2ccccc21. The minimum Gasteiger partial charge on any atom is -0.483 e. The molecule has 4 nitrogen and oxygen atoms in total. The van der Waals surface area contributed by atoms with Gasteiger partial charge in [0.25, 0.3) is 5.91 Å². The van der Waals surface area contributed by atoms with Crippen molar-refractivity contribution in [2.75, 3.05) is 19.6 Å². The van der Waals surface area contributed by atoms with Crippen LogP contribution in [0.15, 0.2) is 24.3 Å². The summed E-state index contributed by atoms with van der Waals surface area (Å²) in [5, 5.41) is 6.30. The van der Waals surface area contributed by atoms with Gasteiger partial charge in [0, 0.05) is 6.54 Å². The van der Waals surface area contributed by atoms with Gasteiger partial charge < -0.3 is 15.4 Å². The number of benzene rings is 1. The van der Waals surface area contributed by atoms with E-state index >= 15 is 0 Å². The van der Waals surface area contributed by atoms with Gasteiger partial charge in [-0.25, -0.2) is 0 Å². The van der Waals surface area contributed by atoms with Crippen molar-refractivity contribution in [3.63, 3.8) is 0 Å². The van der Waals surface area contributed by atoms with Gasteiger partial charge >= 0.3 is 0 Å². The molecule has 2 N–H and O–H groups in total. The summed E-state index contributed by atoms with van der Waals surface area (Å²) in [6.45, 7) is 2.40. The molecule has 0 aliphatic carbocycles. The van der Waals surface area contributed by atoms with E-state index in [0.717, 1.165) is 25.9 Å². The summed E-state index contributed by atoms with van der Waals surface area (Å²) < 4.78 is 6.11. The van der Waals surface area contributed by atoms with Crippen LogP contribution in [-0.4, -0.2) is 31.1 Å². The van der Waals surface area contributed by atoms with Gasteiger partial charge in [-0.15, -0.1) is 0 Å². The van der Waals surface area contributed by atoms with Crippen LogP contribution >= 0.6 is 0 Å². The third-order valence-corrected chi connectivity index (χ3v) is 3.46. The zero-order chi connectivity index (χ0) is 11.7. The predicted octanol–water partition coefficient (Wildman–Crippen LogP) is 0.931. The Bertz CT molecular complexity index is 439. The van der Waals surface area contributed by atoms with Gasteiger partial charge in [-0.1, -0.05) is 12.1 Å². The first kappa shape index (κ1) is 10.6. The summed E-state index contributed by atoms with van der Waals surface area (Å²) in [7, 11) is 0. The molecule has 3 rings (SSSR count). The summed E-state index contributed by atoms with van der Waals surface area (Å²) in [6.07, 6.45) is 2.06. The van der Waals surface area contributed by atoms with Crippen LogP contribution in [-0.2, 0) is 0 Å². The molecule has 2 heterocycles. The van der Waals surface area contributed by atoms with Gasteiger partial charge in [-0.05, 0) is 31.5 Å². The molecule has 0 aromatic heterocycles. The largest absolute Gasteiger partial charge is 0.483 e. The number of hydrogen-bond donors (Lipinski definition) is 2. The van der Waals surface area contributed by atoms with Gasteiger partial charge in [0.1, 0.15) is 11.4 Å². The van der Waals surface area contributed by atoms with Gasteiger partial charge in [0.15, 0.2) is 0 Å². The van der Waals surface area contributed by atoms with Crippen LogP contribution in [0.3, 0.4) is 0 Å². The smallest absolute Gasteiger partial charge is 0.255 e. The third-order valence-electron chi connectivity index (χ3n) is 3.46. The standard InChI is InChI=1S/C13H16N2O2/c16-12-10-4-1-2-5-11(10)17-13(9-15-12)6-3-7-14-8-13/h1-2,4-5,14H,3,6-9H2,(H,15,16). The number of fused-ring (bicyclic) bond motifs is 1. The molecule has 2 aliphatic rings. The van der Waals surface area contributed by atoms with Crippen molar-refractivity contribution in [2.24, 2.45) is 0 Å². The van der Waals surface area contributed by atoms with Crippen LogP contribution in [0.2, 0.25) is 0 Å². The lowest BCUT2D eigenvalue weighted by molar-refractivity contribution is 0.0470. The van der Waals surface area contributed by atoms with Crippen molar-refractivity contribution < 1.29 is 9.53 Å². The number of nitrogens with one attached hydrogen (secondary N) is 2. The van der Waals surface area contributed by atoms with Crippen LogP contribution in [0.1, 0.15) is 23.2 Å². The number of para-hydroxylation sites is 1. The Kier molecular flexibility index (Phi) is 2.52. The highest BCUT2D eigenvalue weighted by molar-refractivity contribution is 5.97. The second-order valence-corrected chi connectivity index (χ2v) is 4.74. The van der Waals surface area contributed by atoms with E-state index in [2.05, 4.69) is 10.6 Å². The Morgan fingerprint density at radius 2 is 2.12 bits per heavy atom. The van der Waals surface area contributed by atoms with Crippen molar-refractivity contribution in [1.82, 2.24) is 10.6 Å². The first-order valence-corrected chi connectivity index (χ1v) is 6.06. The van der Waals surface area contributed by atoms with Gasteiger partial charge in [-0.2, -0.15) is 0 Å². The Hall–Kier alpha value is -1.55. The molecule has 0 radical (unpaired) electrons. The average Bonchev–Trinajstić information content (AvgIpc) is 2.50. The second-order valence-electron chi connectivity index (χ2n) is 4.74. The topological polar surface area (TPSA) is 50.4 Å². The van der Waals surface area contributed by atoms with E-state index in [9.17, 15) is 4.79 Å². The number of hydrogen-bond acceptors (Lipinski definition) is 3. The molecule has 4 heteroatoms. The van der Waals surface area contributed by atoms with Crippen LogP contribution in [0.25, 0.3) is 0 Å². The number of piperidine rings is 1. The Labute approximate surface area is 100 Å². The summed E-state index contributed by atoms with van der Waals surface area (Å²) >= 11 is 0. The van der Waals surface area contributed by atoms with E-state index < -0.39 is 0 Å². The molecular weight excluding hydrogens is 216 g/mol. The number of ether oxygens (including phenoxy) is 1. The predicted molar refractivity (Wildman–Crippen MR) is 64.2 cm³/mol. The molecule has 1 aromatic carbocycles. The molecule has 1 spiro atoms.